The van der Waals surface area contributed by atoms with Gasteiger partial charge in [0.15, 0.2) is 0 Å². The first kappa shape index (κ1) is 22.9. The first-order chi connectivity index (χ1) is 14.8. The van der Waals surface area contributed by atoms with E-state index in [9.17, 15) is 9.59 Å². The van der Waals surface area contributed by atoms with E-state index in [1.54, 1.807) is 6.08 Å². The number of hydrogen-bond donors (Lipinski definition) is 1. The highest BCUT2D eigenvalue weighted by molar-refractivity contribution is 6.98. The Bertz CT molecular complexity index is 975. The minimum absolute atomic E-state index is 0.321. The van der Waals surface area contributed by atoms with Gasteiger partial charge in [-0.05, 0) is 40.7 Å². The van der Waals surface area contributed by atoms with E-state index < -0.39 is 13.9 Å². The summed E-state index contributed by atoms with van der Waals surface area (Å²) >= 11 is 0. The average molecular weight is 430 g/mol. The lowest BCUT2D eigenvalue weighted by molar-refractivity contribution is 0.391. The predicted molar refractivity (Wildman–Crippen MR) is 130 cm³/mol. The van der Waals surface area contributed by atoms with Crippen LogP contribution in [0, 0.1) is 0 Å². The summed E-state index contributed by atoms with van der Waals surface area (Å²) in [5, 5.41) is 1.71. The van der Waals surface area contributed by atoms with Crippen LogP contribution in [0.1, 0.15) is 45.6 Å². The van der Waals surface area contributed by atoms with Gasteiger partial charge in [-0.2, -0.15) is 4.99 Å². The van der Waals surface area contributed by atoms with Crippen LogP contribution in [0.4, 0.5) is 0 Å². The molecule has 0 fully saturated rings. The highest BCUT2D eigenvalue weighted by atomic mass is 28.4. The van der Waals surface area contributed by atoms with Gasteiger partial charge < -0.3 is 4.80 Å². The Kier molecular flexibility index (Phi) is 7.07. The van der Waals surface area contributed by atoms with E-state index in [-0.39, 0.29) is 5.04 Å². The van der Waals surface area contributed by atoms with Gasteiger partial charge in [0, 0.05) is 0 Å². The van der Waals surface area contributed by atoms with Crippen LogP contribution < -0.4 is 10.4 Å². The Morgan fingerprint density at radius 1 is 0.774 bits per heavy atom. The Labute approximate surface area is 186 Å². The van der Waals surface area contributed by atoms with Crippen LogP contribution >= 0.6 is 0 Å². The number of rotatable bonds is 9. The van der Waals surface area contributed by atoms with Crippen molar-refractivity contribution in [3.8, 4) is 0 Å². The Morgan fingerprint density at radius 2 is 1.23 bits per heavy atom. The Morgan fingerprint density at radius 3 is 1.68 bits per heavy atom. The van der Waals surface area contributed by atoms with Gasteiger partial charge in [-0.15, -0.1) is 0 Å². The molecule has 0 aromatic heterocycles. The van der Waals surface area contributed by atoms with Crippen LogP contribution in [0.25, 0.3) is 0 Å². The van der Waals surface area contributed by atoms with E-state index in [0.29, 0.717) is 6.42 Å². The van der Waals surface area contributed by atoms with Crippen LogP contribution in [0.3, 0.4) is 0 Å². The van der Waals surface area contributed by atoms with Crippen molar-refractivity contribution in [2.24, 2.45) is 4.99 Å². The summed E-state index contributed by atoms with van der Waals surface area (Å²) in [4.78, 5) is 27.6. The molecule has 0 amide bonds. The van der Waals surface area contributed by atoms with Crippen LogP contribution in [-0.4, -0.2) is 19.2 Å². The zero-order valence-corrected chi connectivity index (χ0v) is 19.6. The first-order valence-electron chi connectivity index (χ1n) is 10.8. The minimum atomic E-state index is -3.03. The molecule has 0 heterocycles. The molecule has 3 aromatic carbocycles. The van der Waals surface area contributed by atoms with Gasteiger partial charge in [0.05, 0.1) is 5.54 Å². The van der Waals surface area contributed by atoms with Crippen molar-refractivity contribution in [3.05, 3.63) is 96.6 Å². The molecule has 4 heteroatoms. The van der Waals surface area contributed by atoms with Crippen molar-refractivity contribution in [1.29, 1.82) is 0 Å². The quantitative estimate of drug-likeness (QED) is 0.297. The summed E-state index contributed by atoms with van der Waals surface area (Å²) < 4.78 is 0. The fourth-order valence-corrected chi connectivity index (χ4v) is 8.31. The maximum Gasteiger partial charge on any atom is 0.258 e. The highest BCUT2D eigenvalue weighted by Crippen LogP contribution is 2.42. The zero-order valence-electron chi connectivity index (χ0n) is 18.6. The summed E-state index contributed by atoms with van der Waals surface area (Å²) in [6.45, 7) is 6.32. The minimum Gasteiger partial charge on any atom is -0.424 e. The molecular formula is C27H31NO2Si. The van der Waals surface area contributed by atoms with Gasteiger partial charge in [-0.25, -0.2) is 4.79 Å². The molecule has 0 aliphatic rings. The molecule has 0 spiro atoms. The molecule has 0 aliphatic carbocycles. The van der Waals surface area contributed by atoms with Gasteiger partial charge in [-0.3, -0.25) is 0 Å². The van der Waals surface area contributed by atoms with Crippen LogP contribution in [0.2, 0.25) is 5.04 Å². The molecule has 0 saturated heterocycles. The normalized spacial score (nSPS) is 13.8. The molecule has 0 saturated carbocycles. The molecule has 3 rings (SSSR count). The van der Waals surface area contributed by atoms with Crippen LogP contribution in [-0.2, 0) is 10.3 Å². The van der Waals surface area contributed by atoms with Crippen molar-refractivity contribution >= 4 is 24.8 Å². The molecule has 31 heavy (non-hydrogen) atoms. The van der Waals surface area contributed by atoms with Crippen molar-refractivity contribution in [1.82, 2.24) is 0 Å². The number of carbonyl (C=O) groups excluding carboxylic acids is 1. The van der Waals surface area contributed by atoms with Crippen LogP contribution in [0.15, 0.2) is 96.0 Å². The third-order valence-electron chi connectivity index (χ3n) is 6.52. The van der Waals surface area contributed by atoms with Gasteiger partial charge in [0.1, 0.15) is 0 Å². The van der Waals surface area contributed by atoms with Gasteiger partial charge in [-0.1, -0.05) is 111 Å². The SMILES string of the molecule is CC(CCCC(C)(C)[Si](O)(c1ccccc1)c1ccccc1)(N=C=O)c1ccccc1. The smallest absolute Gasteiger partial charge is 0.258 e. The molecule has 160 valence electrons. The molecule has 3 aromatic rings. The van der Waals surface area contributed by atoms with Crippen molar-refractivity contribution in [3.63, 3.8) is 0 Å². The molecule has 1 N–H and O–H groups in total. The average Bonchev–Trinajstić information content (AvgIpc) is 2.80. The lowest BCUT2D eigenvalue weighted by Crippen LogP contribution is -2.65. The van der Waals surface area contributed by atoms with Gasteiger partial charge in [0.25, 0.3) is 8.32 Å². The molecule has 1 atom stereocenters. The topological polar surface area (TPSA) is 49.7 Å². The first-order valence-corrected chi connectivity index (χ1v) is 12.8. The monoisotopic (exact) mass is 429 g/mol. The Hall–Kier alpha value is -2.78. The van der Waals surface area contributed by atoms with Crippen molar-refractivity contribution in [2.75, 3.05) is 0 Å². The summed E-state index contributed by atoms with van der Waals surface area (Å²) in [5.74, 6) is 0. The molecule has 0 radical (unpaired) electrons. The van der Waals surface area contributed by atoms with Crippen molar-refractivity contribution < 1.29 is 9.59 Å². The summed E-state index contributed by atoms with van der Waals surface area (Å²) in [7, 11) is -3.03. The summed E-state index contributed by atoms with van der Waals surface area (Å²) in [5.41, 5.74) is 0.396. The second-order valence-electron chi connectivity index (χ2n) is 9.02. The van der Waals surface area contributed by atoms with E-state index >= 15 is 0 Å². The summed E-state index contributed by atoms with van der Waals surface area (Å²) in [6.07, 6.45) is 4.13. The maximum absolute atomic E-state index is 12.3. The number of benzene rings is 3. The third-order valence-corrected chi connectivity index (χ3v) is 11.1. The Balaban J connectivity index is 1.89. The van der Waals surface area contributed by atoms with E-state index in [4.69, 9.17) is 0 Å². The van der Waals surface area contributed by atoms with Crippen molar-refractivity contribution in [2.45, 2.75) is 50.6 Å². The van der Waals surface area contributed by atoms with E-state index in [2.05, 4.69) is 18.8 Å². The van der Waals surface area contributed by atoms with Gasteiger partial charge >= 0.3 is 0 Å². The molecule has 1 unspecified atom stereocenters. The molecule has 3 nitrogen and oxygen atoms in total. The largest absolute Gasteiger partial charge is 0.424 e. The fraction of sp³-hybridized carbons (Fsp3) is 0.296. The maximum atomic E-state index is 12.3. The number of nitrogens with zero attached hydrogens (tertiary/aromatic N) is 1. The summed E-state index contributed by atoms with van der Waals surface area (Å²) in [6, 6.07) is 30.1. The predicted octanol–water partition coefficient (Wildman–Crippen LogP) is 4.94. The second-order valence-corrected chi connectivity index (χ2v) is 13.0. The lowest BCUT2D eigenvalue weighted by Gasteiger charge is -2.41. The van der Waals surface area contributed by atoms with E-state index in [1.165, 1.54) is 0 Å². The third kappa shape index (κ3) is 4.77. The van der Waals surface area contributed by atoms with E-state index in [1.807, 2.05) is 97.9 Å². The highest BCUT2D eigenvalue weighted by Gasteiger charge is 2.49. The number of isocyanates is 1. The standard InChI is InChI=1S/C27H31NO2Si/c1-26(2,20-13-21-27(3,28-22-29)23-14-7-4-8-15-23)31(30,24-16-9-5-10-17-24)25-18-11-6-12-19-25/h4-12,14-19,30H,13,20-21H2,1-3H3. The van der Waals surface area contributed by atoms with E-state index in [0.717, 1.165) is 28.8 Å². The number of hydrogen-bond acceptors (Lipinski definition) is 3. The molecule has 0 bridgehead atoms. The fourth-order valence-electron chi connectivity index (χ4n) is 4.53. The molecular weight excluding hydrogens is 398 g/mol. The second kappa shape index (κ2) is 9.57. The lowest BCUT2D eigenvalue weighted by atomic mass is 9.86. The van der Waals surface area contributed by atoms with Crippen LogP contribution in [0.5, 0.6) is 0 Å². The molecule has 0 aliphatic heterocycles. The van der Waals surface area contributed by atoms with Gasteiger partial charge in [0.2, 0.25) is 6.08 Å². The number of aliphatic imine (C=N–C) groups is 1. The zero-order chi connectivity index (χ0) is 22.4.